The molecule has 0 aromatic carbocycles. The van der Waals surface area contributed by atoms with Crippen molar-refractivity contribution < 1.29 is 19.4 Å². The van der Waals surface area contributed by atoms with Crippen LogP contribution in [-0.4, -0.2) is 39.8 Å². The van der Waals surface area contributed by atoms with Crippen LogP contribution in [0.3, 0.4) is 0 Å². The summed E-state index contributed by atoms with van der Waals surface area (Å²) in [6.07, 6.45) is 2.08. The molecule has 1 amide bonds. The fourth-order valence-electron chi connectivity index (χ4n) is 1.17. The molecule has 0 aliphatic carbocycles. The number of hydrogen-bond donors (Lipinski definition) is 3. The van der Waals surface area contributed by atoms with Gasteiger partial charge in [0.1, 0.15) is 17.3 Å². The van der Waals surface area contributed by atoms with Crippen molar-refractivity contribution in [3.8, 4) is 0 Å². The first-order chi connectivity index (χ1) is 8.54. The van der Waals surface area contributed by atoms with Gasteiger partial charge in [0.2, 0.25) is 0 Å². The number of rotatable bonds is 6. The molecule has 0 aliphatic rings. The van der Waals surface area contributed by atoms with Crippen LogP contribution in [0.15, 0.2) is 23.6 Å². The Kier molecular flexibility index (Phi) is 5.37. The third-order valence-electron chi connectivity index (χ3n) is 2.00. The molecule has 0 spiro atoms. The van der Waals surface area contributed by atoms with Gasteiger partial charge in [-0.05, 0) is 15.9 Å². The molecule has 0 bridgehead atoms. The number of aromatic amines is 1. The Bertz CT molecular complexity index is 446. The highest BCUT2D eigenvalue weighted by atomic mass is 79.9. The van der Waals surface area contributed by atoms with Crippen molar-refractivity contribution in [1.29, 1.82) is 0 Å². The topological polar surface area (TPSA) is 104 Å². The van der Waals surface area contributed by atoms with Crippen LogP contribution in [0.5, 0.6) is 0 Å². The monoisotopic (exact) mass is 317 g/mol. The number of carboxylic acids is 1. The number of imidazole rings is 1. The molecule has 1 aromatic rings. The van der Waals surface area contributed by atoms with Gasteiger partial charge in [-0.3, -0.25) is 0 Å². The highest BCUT2D eigenvalue weighted by molar-refractivity contribution is 9.10. The number of H-pyrrole nitrogens is 1. The van der Waals surface area contributed by atoms with Crippen LogP contribution >= 0.6 is 15.9 Å². The molecule has 1 unspecified atom stereocenters. The Hall–Kier alpha value is -1.83. The Morgan fingerprint density at radius 3 is 2.94 bits per heavy atom. The molecule has 1 rings (SSSR count). The maximum Gasteiger partial charge on any atom is 0.408 e. The summed E-state index contributed by atoms with van der Waals surface area (Å²) in [5.41, 5.74) is 0.575. The molecule has 0 saturated heterocycles. The van der Waals surface area contributed by atoms with E-state index in [2.05, 4.69) is 42.5 Å². The minimum absolute atomic E-state index is 0.0198. The number of carboxylic acid groups (broad SMARTS) is 1. The summed E-state index contributed by atoms with van der Waals surface area (Å²) in [5.74, 6) is -1.16. The number of hydrogen-bond acceptors (Lipinski definition) is 4. The Balaban J connectivity index is 2.61. The number of halogens is 1. The third-order valence-corrected chi connectivity index (χ3v) is 2.68. The first-order valence-corrected chi connectivity index (χ1v) is 5.78. The summed E-state index contributed by atoms with van der Waals surface area (Å²) in [6.45, 7) is 3.40. The SMILES string of the molecule is C=CCOC(=O)NC(Cc1[nH]cnc1Br)C(=O)O. The number of amides is 1. The van der Waals surface area contributed by atoms with E-state index in [1.54, 1.807) is 0 Å². The Labute approximate surface area is 111 Å². The standard InChI is InChI=1S/C10H12BrN3O4/c1-2-3-18-10(17)14-7(9(15)16)4-6-8(11)13-5-12-6/h2,5,7H,1,3-4H2,(H,12,13)(H,14,17)(H,15,16). The lowest BCUT2D eigenvalue weighted by molar-refractivity contribution is -0.139. The van der Waals surface area contributed by atoms with E-state index in [9.17, 15) is 9.59 Å². The number of carbonyl (C=O) groups is 2. The third kappa shape index (κ3) is 4.21. The van der Waals surface area contributed by atoms with Gasteiger partial charge in [-0.1, -0.05) is 12.7 Å². The van der Waals surface area contributed by atoms with E-state index in [1.807, 2.05) is 0 Å². The highest BCUT2D eigenvalue weighted by Gasteiger charge is 2.22. The van der Waals surface area contributed by atoms with Crippen molar-refractivity contribution in [2.45, 2.75) is 12.5 Å². The van der Waals surface area contributed by atoms with E-state index < -0.39 is 18.1 Å². The van der Waals surface area contributed by atoms with Crippen LogP contribution in [-0.2, 0) is 16.0 Å². The van der Waals surface area contributed by atoms with Gasteiger partial charge in [0.15, 0.2) is 0 Å². The molecule has 18 heavy (non-hydrogen) atoms. The maximum absolute atomic E-state index is 11.2. The number of aliphatic carboxylic acids is 1. The first-order valence-electron chi connectivity index (χ1n) is 4.99. The van der Waals surface area contributed by atoms with Crippen molar-refractivity contribution in [2.24, 2.45) is 0 Å². The Morgan fingerprint density at radius 1 is 1.72 bits per heavy atom. The van der Waals surface area contributed by atoms with Gasteiger partial charge in [-0.25, -0.2) is 14.6 Å². The normalized spacial score (nSPS) is 11.6. The lowest BCUT2D eigenvalue weighted by Crippen LogP contribution is -2.42. The number of aromatic nitrogens is 2. The number of alkyl carbamates (subject to hydrolysis) is 1. The van der Waals surface area contributed by atoms with Gasteiger partial charge < -0.3 is 20.1 Å². The molecule has 3 N–H and O–H groups in total. The molecule has 0 aliphatic heterocycles. The quantitative estimate of drug-likeness (QED) is 0.681. The lowest BCUT2D eigenvalue weighted by Gasteiger charge is -2.13. The summed E-state index contributed by atoms with van der Waals surface area (Å²) >= 11 is 3.16. The summed E-state index contributed by atoms with van der Waals surface area (Å²) in [7, 11) is 0. The fourth-order valence-corrected chi connectivity index (χ4v) is 1.55. The van der Waals surface area contributed by atoms with E-state index in [4.69, 9.17) is 5.11 Å². The first kappa shape index (κ1) is 14.2. The summed E-state index contributed by atoms with van der Waals surface area (Å²) in [6, 6.07) is -1.10. The molecule has 7 nitrogen and oxygen atoms in total. The van der Waals surface area contributed by atoms with Gasteiger partial charge in [-0.15, -0.1) is 0 Å². The Morgan fingerprint density at radius 2 is 2.44 bits per heavy atom. The number of nitrogens with zero attached hydrogens (tertiary/aromatic N) is 1. The summed E-state index contributed by atoms with van der Waals surface area (Å²) < 4.78 is 5.16. The molecule has 1 heterocycles. The fraction of sp³-hybridized carbons (Fsp3) is 0.300. The minimum atomic E-state index is -1.16. The number of nitrogens with one attached hydrogen (secondary N) is 2. The largest absolute Gasteiger partial charge is 0.480 e. The van der Waals surface area contributed by atoms with Crippen molar-refractivity contribution in [2.75, 3.05) is 6.61 Å². The number of carbonyl (C=O) groups excluding carboxylic acids is 1. The minimum Gasteiger partial charge on any atom is -0.480 e. The lowest BCUT2D eigenvalue weighted by atomic mass is 10.2. The van der Waals surface area contributed by atoms with Crippen LogP contribution < -0.4 is 5.32 Å². The van der Waals surface area contributed by atoms with Gasteiger partial charge in [0.25, 0.3) is 0 Å². The predicted molar refractivity (Wildman–Crippen MR) is 66.1 cm³/mol. The second-order valence-corrected chi connectivity index (χ2v) is 4.05. The predicted octanol–water partition coefficient (Wildman–Crippen LogP) is 1.08. The van der Waals surface area contributed by atoms with Gasteiger partial charge >= 0.3 is 12.1 Å². The van der Waals surface area contributed by atoms with Crippen LogP contribution in [0.1, 0.15) is 5.69 Å². The van der Waals surface area contributed by atoms with Crippen molar-refractivity contribution in [3.05, 3.63) is 29.3 Å². The van der Waals surface area contributed by atoms with Crippen LogP contribution in [0, 0.1) is 0 Å². The van der Waals surface area contributed by atoms with Crippen molar-refractivity contribution in [1.82, 2.24) is 15.3 Å². The van der Waals surface area contributed by atoms with Gasteiger partial charge in [0.05, 0.1) is 12.0 Å². The van der Waals surface area contributed by atoms with Crippen LogP contribution in [0.2, 0.25) is 0 Å². The molecule has 0 radical (unpaired) electrons. The van der Waals surface area contributed by atoms with Crippen molar-refractivity contribution >= 4 is 28.0 Å². The van der Waals surface area contributed by atoms with E-state index >= 15 is 0 Å². The zero-order chi connectivity index (χ0) is 13.5. The average Bonchev–Trinajstić information content (AvgIpc) is 2.71. The average molecular weight is 318 g/mol. The highest BCUT2D eigenvalue weighted by Crippen LogP contribution is 2.12. The van der Waals surface area contributed by atoms with Gasteiger partial charge in [-0.2, -0.15) is 0 Å². The second-order valence-electron chi connectivity index (χ2n) is 3.30. The van der Waals surface area contributed by atoms with E-state index in [0.717, 1.165) is 0 Å². The molecular formula is C10H12BrN3O4. The second kappa shape index (κ2) is 6.80. The summed E-state index contributed by atoms with van der Waals surface area (Å²) in [4.78, 5) is 28.9. The molecule has 98 valence electrons. The van der Waals surface area contributed by atoms with Crippen LogP contribution in [0.4, 0.5) is 4.79 Å². The summed E-state index contributed by atoms with van der Waals surface area (Å²) in [5, 5.41) is 11.2. The molecule has 8 heteroatoms. The van der Waals surface area contributed by atoms with Crippen molar-refractivity contribution in [3.63, 3.8) is 0 Å². The smallest absolute Gasteiger partial charge is 0.408 e. The zero-order valence-corrected chi connectivity index (χ0v) is 10.9. The number of ether oxygens (including phenoxy) is 1. The van der Waals surface area contributed by atoms with E-state index in [1.165, 1.54) is 12.4 Å². The zero-order valence-electron chi connectivity index (χ0n) is 9.35. The van der Waals surface area contributed by atoms with E-state index in [-0.39, 0.29) is 13.0 Å². The molecule has 1 atom stereocenters. The molecule has 0 fully saturated rings. The molecular weight excluding hydrogens is 306 g/mol. The van der Waals surface area contributed by atoms with Crippen LogP contribution in [0.25, 0.3) is 0 Å². The molecule has 1 aromatic heterocycles. The van der Waals surface area contributed by atoms with E-state index in [0.29, 0.717) is 10.3 Å². The molecule has 0 saturated carbocycles. The maximum atomic E-state index is 11.2. The van der Waals surface area contributed by atoms with Gasteiger partial charge in [0, 0.05) is 6.42 Å².